The molecular weight excluding hydrogens is 136 g/mol. The first kappa shape index (κ1) is 6.62. The van der Waals surface area contributed by atoms with Crippen molar-refractivity contribution in [3.63, 3.8) is 0 Å². The summed E-state index contributed by atoms with van der Waals surface area (Å²) >= 11 is 5.79. The van der Waals surface area contributed by atoms with Gasteiger partial charge in [-0.05, 0) is 18.5 Å². The molecule has 1 rings (SSSR count). The van der Waals surface area contributed by atoms with Gasteiger partial charge in [0.1, 0.15) is 6.20 Å². The van der Waals surface area contributed by atoms with Gasteiger partial charge < -0.3 is 0 Å². The van der Waals surface area contributed by atoms with Crippen LogP contribution in [0.1, 0.15) is 6.92 Å². The van der Waals surface area contributed by atoms with Gasteiger partial charge in [0.15, 0.2) is 0 Å². The third-order valence-corrected chi connectivity index (χ3v) is 1.56. The smallest absolute Gasteiger partial charge is 0.238 e. The maximum absolute atomic E-state index is 5.79. The van der Waals surface area contributed by atoms with Gasteiger partial charge in [-0.1, -0.05) is 0 Å². The molecule has 0 saturated carbocycles. The molecule has 1 heterocycles. The van der Waals surface area contributed by atoms with Crippen LogP contribution < -0.4 is 4.57 Å². The van der Waals surface area contributed by atoms with Crippen molar-refractivity contribution >= 4 is 11.6 Å². The first-order valence-electron chi connectivity index (χ1n) is 2.95. The van der Waals surface area contributed by atoms with E-state index in [1.165, 1.54) is 0 Å². The minimum atomic E-state index is 0.792. The monoisotopic (exact) mass is 145 g/mol. The molecule has 0 saturated heterocycles. The van der Waals surface area contributed by atoms with E-state index in [1.807, 2.05) is 28.7 Å². The number of aryl methyl sites for hydroxylation is 2. The predicted molar refractivity (Wildman–Crippen MR) is 36.3 cm³/mol. The second kappa shape index (κ2) is 2.40. The van der Waals surface area contributed by atoms with Crippen molar-refractivity contribution in [3.8, 4) is 0 Å². The Bertz CT molecular complexity index is 205. The average molecular weight is 146 g/mol. The summed E-state index contributed by atoms with van der Waals surface area (Å²) in [5.74, 6) is 0. The summed E-state index contributed by atoms with van der Waals surface area (Å²) < 4.78 is 3.91. The van der Waals surface area contributed by atoms with Crippen molar-refractivity contribution in [2.45, 2.75) is 13.5 Å². The SMILES string of the molecule is CCn1c[n+](C)cc1Cl. The molecule has 0 radical (unpaired) electrons. The van der Waals surface area contributed by atoms with Gasteiger partial charge in [0.25, 0.3) is 0 Å². The fourth-order valence-corrected chi connectivity index (χ4v) is 1.10. The molecule has 0 fully saturated rings. The Labute approximate surface area is 59.7 Å². The summed E-state index contributed by atoms with van der Waals surface area (Å²) in [6, 6.07) is 0. The first-order valence-corrected chi connectivity index (χ1v) is 3.32. The van der Waals surface area contributed by atoms with Crippen LogP contribution in [0, 0.1) is 0 Å². The third kappa shape index (κ3) is 1.24. The van der Waals surface area contributed by atoms with Crippen LogP contribution in [0.2, 0.25) is 5.15 Å². The first-order chi connectivity index (χ1) is 4.24. The van der Waals surface area contributed by atoms with E-state index in [-0.39, 0.29) is 0 Å². The number of imidazole rings is 1. The highest BCUT2D eigenvalue weighted by atomic mass is 35.5. The lowest BCUT2D eigenvalue weighted by Gasteiger charge is -1.84. The Kier molecular flexibility index (Phi) is 1.76. The number of aromatic nitrogens is 2. The van der Waals surface area contributed by atoms with Crippen LogP contribution >= 0.6 is 11.6 Å². The third-order valence-electron chi connectivity index (χ3n) is 1.25. The molecule has 50 valence electrons. The Balaban J connectivity index is 3.01. The van der Waals surface area contributed by atoms with Gasteiger partial charge in [-0.2, -0.15) is 0 Å². The summed E-state index contributed by atoms with van der Waals surface area (Å²) in [5, 5.41) is 0.792. The van der Waals surface area contributed by atoms with Crippen LogP contribution in [0.5, 0.6) is 0 Å². The minimum Gasteiger partial charge on any atom is -0.238 e. The zero-order chi connectivity index (χ0) is 6.85. The standard InChI is InChI=1S/C6H10ClN2/c1-3-9-5-8(2)4-6(9)7/h4-5H,3H2,1-2H3/q+1. The summed E-state index contributed by atoms with van der Waals surface area (Å²) in [4.78, 5) is 0. The number of hydrogen-bond acceptors (Lipinski definition) is 0. The zero-order valence-corrected chi connectivity index (χ0v) is 6.39. The number of hydrogen-bond donors (Lipinski definition) is 0. The Morgan fingerprint density at radius 2 is 2.44 bits per heavy atom. The van der Waals surface area contributed by atoms with E-state index in [9.17, 15) is 0 Å². The minimum absolute atomic E-state index is 0.792. The summed E-state index contributed by atoms with van der Waals surface area (Å²) in [6.45, 7) is 2.99. The highest BCUT2D eigenvalue weighted by Crippen LogP contribution is 2.03. The van der Waals surface area contributed by atoms with E-state index in [0.29, 0.717) is 0 Å². The van der Waals surface area contributed by atoms with Gasteiger partial charge in [-0.3, -0.25) is 0 Å². The van der Waals surface area contributed by atoms with Gasteiger partial charge in [-0.15, -0.1) is 0 Å². The molecule has 0 N–H and O–H groups in total. The lowest BCUT2D eigenvalue weighted by atomic mass is 10.7. The van der Waals surface area contributed by atoms with Crippen molar-refractivity contribution in [3.05, 3.63) is 17.7 Å². The number of rotatable bonds is 1. The van der Waals surface area contributed by atoms with Crippen molar-refractivity contribution in [1.29, 1.82) is 0 Å². The fourth-order valence-electron chi connectivity index (χ4n) is 0.783. The highest BCUT2D eigenvalue weighted by molar-refractivity contribution is 6.29. The molecule has 3 heteroatoms. The molecule has 1 aromatic rings. The molecular formula is C6H10ClN2+. The maximum Gasteiger partial charge on any atom is 0.244 e. The average Bonchev–Trinajstić information content (AvgIpc) is 2.10. The molecule has 0 spiro atoms. The Morgan fingerprint density at radius 3 is 2.67 bits per heavy atom. The molecule has 1 aromatic heterocycles. The van der Waals surface area contributed by atoms with Crippen molar-refractivity contribution in [2.75, 3.05) is 0 Å². The molecule has 0 amide bonds. The number of halogens is 1. The van der Waals surface area contributed by atoms with E-state index in [4.69, 9.17) is 11.6 Å². The number of nitrogens with zero attached hydrogens (tertiary/aromatic N) is 2. The highest BCUT2D eigenvalue weighted by Gasteiger charge is 2.04. The van der Waals surface area contributed by atoms with Gasteiger partial charge in [0.2, 0.25) is 11.5 Å². The lowest BCUT2D eigenvalue weighted by Crippen LogP contribution is -2.23. The topological polar surface area (TPSA) is 8.81 Å². The van der Waals surface area contributed by atoms with Crippen LogP contribution in [-0.2, 0) is 13.6 Å². The van der Waals surface area contributed by atoms with Crippen molar-refractivity contribution < 1.29 is 4.57 Å². The van der Waals surface area contributed by atoms with Gasteiger partial charge in [-0.25, -0.2) is 9.13 Å². The molecule has 0 aliphatic rings. The Hall–Kier alpha value is -0.500. The predicted octanol–water partition coefficient (Wildman–Crippen LogP) is 0.986. The normalized spacial score (nSPS) is 10.1. The summed E-state index contributed by atoms with van der Waals surface area (Å²) in [7, 11) is 1.96. The van der Waals surface area contributed by atoms with E-state index >= 15 is 0 Å². The summed E-state index contributed by atoms with van der Waals surface area (Å²) in [6.07, 6.45) is 3.84. The van der Waals surface area contributed by atoms with E-state index in [1.54, 1.807) is 0 Å². The molecule has 0 atom stereocenters. The molecule has 0 bridgehead atoms. The van der Waals surface area contributed by atoms with Crippen LogP contribution in [0.4, 0.5) is 0 Å². The fraction of sp³-hybridized carbons (Fsp3) is 0.500. The zero-order valence-electron chi connectivity index (χ0n) is 5.63. The van der Waals surface area contributed by atoms with Gasteiger partial charge >= 0.3 is 0 Å². The second-order valence-electron chi connectivity index (χ2n) is 2.02. The van der Waals surface area contributed by atoms with Gasteiger partial charge in [0, 0.05) is 0 Å². The second-order valence-corrected chi connectivity index (χ2v) is 2.41. The molecule has 9 heavy (non-hydrogen) atoms. The molecule has 2 nitrogen and oxygen atoms in total. The van der Waals surface area contributed by atoms with Crippen LogP contribution in [0.25, 0.3) is 0 Å². The largest absolute Gasteiger partial charge is 0.244 e. The summed E-state index contributed by atoms with van der Waals surface area (Å²) in [5.41, 5.74) is 0. The van der Waals surface area contributed by atoms with Crippen molar-refractivity contribution in [1.82, 2.24) is 4.57 Å². The maximum atomic E-state index is 5.79. The van der Waals surface area contributed by atoms with E-state index in [2.05, 4.69) is 6.92 Å². The molecule has 0 aliphatic heterocycles. The molecule has 0 unspecified atom stereocenters. The van der Waals surface area contributed by atoms with E-state index < -0.39 is 0 Å². The quantitative estimate of drug-likeness (QED) is 0.521. The van der Waals surface area contributed by atoms with Crippen LogP contribution in [0.3, 0.4) is 0 Å². The Morgan fingerprint density at radius 1 is 1.78 bits per heavy atom. The molecule has 0 aliphatic carbocycles. The van der Waals surface area contributed by atoms with Crippen LogP contribution in [-0.4, -0.2) is 4.57 Å². The van der Waals surface area contributed by atoms with Gasteiger partial charge in [0.05, 0.1) is 13.6 Å². The lowest BCUT2D eigenvalue weighted by molar-refractivity contribution is -0.671. The van der Waals surface area contributed by atoms with Crippen molar-refractivity contribution in [2.24, 2.45) is 7.05 Å². The van der Waals surface area contributed by atoms with Crippen LogP contribution in [0.15, 0.2) is 12.5 Å². The van der Waals surface area contributed by atoms with E-state index in [0.717, 1.165) is 11.7 Å². The molecule has 0 aromatic carbocycles.